The van der Waals surface area contributed by atoms with Crippen molar-refractivity contribution in [3.8, 4) is 28.3 Å². The lowest BCUT2D eigenvalue weighted by molar-refractivity contribution is 0.355. The van der Waals surface area contributed by atoms with Crippen molar-refractivity contribution >= 4 is 22.4 Å². The summed E-state index contributed by atoms with van der Waals surface area (Å²) in [5.74, 6) is 2.04. The van der Waals surface area contributed by atoms with Crippen LogP contribution in [0.2, 0.25) is 0 Å². The SMILES string of the molecule is COc1cc2nc(-c3cccs3)n(CC#N)c2cc1OC. The number of rotatable bonds is 4. The summed E-state index contributed by atoms with van der Waals surface area (Å²) in [6.07, 6.45) is 0. The van der Waals surface area contributed by atoms with Crippen molar-refractivity contribution in [2.45, 2.75) is 6.54 Å². The van der Waals surface area contributed by atoms with E-state index in [0.29, 0.717) is 11.5 Å². The minimum atomic E-state index is 0.235. The summed E-state index contributed by atoms with van der Waals surface area (Å²) in [4.78, 5) is 5.67. The van der Waals surface area contributed by atoms with Gasteiger partial charge < -0.3 is 14.0 Å². The molecule has 3 rings (SSSR count). The monoisotopic (exact) mass is 299 g/mol. The molecule has 0 aliphatic carbocycles. The molecule has 1 aromatic carbocycles. The smallest absolute Gasteiger partial charge is 0.163 e. The Kier molecular flexibility index (Phi) is 3.50. The van der Waals surface area contributed by atoms with E-state index in [1.54, 1.807) is 25.6 Å². The van der Waals surface area contributed by atoms with Gasteiger partial charge in [0.05, 0.1) is 36.2 Å². The van der Waals surface area contributed by atoms with Crippen molar-refractivity contribution < 1.29 is 9.47 Å². The van der Waals surface area contributed by atoms with Gasteiger partial charge in [-0.15, -0.1) is 11.3 Å². The molecule has 21 heavy (non-hydrogen) atoms. The minimum absolute atomic E-state index is 0.235. The molecule has 0 unspecified atom stereocenters. The Morgan fingerprint density at radius 2 is 2.05 bits per heavy atom. The number of imidazole rings is 1. The molecule has 3 aromatic rings. The second-order valence-corrected chi connectivity index (χ2v) is 5.30. The topological polar surface area (TPSA) is 60.1 Å². The molecule has 0 bridgehead atoms. The lowest BCUT2D eigenvalue weighted by atomic mass is 10.2. The maximum absolute atomic E-state index is 9.10. The van der Waals surface area contributed by atoms with Gasteiger partial charge in [0.15, 0.2) is 17.3 Å². The Morgan fingerprint density at radius 3 is 2.67 bits per heavy atom. The van der Waals surface area contributed by atoms with Crippen molar-refractivity contribution in [2.24, 2.45) is 0 Å². The van der Waals surface area contributed by atoms with Gasteiger partial charge in [-0.3, -0.25) is 0 Å². The van der Waals surface area contributed by atoms with Crippen molar-refractivity contribution in [1.29, 1.82) is 5.26 Å². The standard InChI is InChI=1S/C15H13N3O2S/c1-19-12-8-10-11(9-13(12)20-2)18(6-5-16)15(17-10)14-4-3-7-21-14/h3-4,7-9H,6H2,1-2H3. The Bertz CT molecular complexity index is 816. The van der Waals surface area contributed by atoms with Crippen LogP contribution in [-0.4, -0.2) is 23.8 Å². The molecule has 0 aliphatic rings. The fourth-order valence-corrected chi connectivity index (χ4v) is 3.00. The minimum Gasteiger partial charge on any atom is -0.493 e. The molecule has 0 amide bonds. The van der Waals surface area contributed by atoms with E-state index in [-0.39, 0.29) is 6.54 Å². The highest BCUT2D eigenvalue weighted by Crippen LogP contribution is 2.35. The predicted molar refractivity (Wildman–Crippen MR) is 81.8 cm³/mol. The highest BCUT2D eigenvalue weighted by molar-refractivity contribution is 7.13. The molecule has 0 N–H and O–H groups in total. The number of ether oxygens (including phenoxy) is 2. The Balaban J connectivity index is 2.30. The van der Waals surface area contributed by atoms with Gasteiger partial charge in [0, 0.05) is 12.1 Å². The number of hydrogen-bond acceptors (Lipinski definition) is 5. The van der Waals surface area contributed by atoms with Gasteiger partial charge in [0.2, 0.25) is 0 Å². The Hall–Kier alpha value is -2.52. The molecular weight excluding hydrogens is 286 g/mol. The summed E-state index contributed by atoms with van der Waals surface area (Å²) in [7, 11) is 3.19. The molecule has 0 fully saturated rings. The zero-order valence-corrected chi connectivity index (χ0v) is 12.5. The van der Waals surface area contributed by atoms with Crippen LogP contribution in [-0.2, 0) is 6.54 Å². The van der Waals surface area contributed by atoms with E-state index >= 15 is 0 Å². The first-order valence-electron chi connectivity index (χ1n) is 6.31. The van der Waals surface area contributed by atoms with E-state index in [9.17, 15) is 0 Å². The number of fused-ring (bicyclic) bond motifs is 1. The first-order valence-corrected chi connectivity index (χ1v) is 7.19. The van der Waals surface area contributed by atoms with Crippen molar-refractivity contribution in [1.82, 2.24) is 9.55 Å². The summed E-state index contributed by atoms with van der Waals surface area (Å²) < 4.78 is 12.5. The van der Waals surface area contributed by atoms with Gasteiger partial charge in [-0.25, -0.2) is 4.98 Å². The summed E-state index contributed by atoms with van der Waals surface area (Å²) in [6.45, 7) is 0.235. The molecule has 0 radical (unpaired) electrons. The average Bonchev–Trinajstić information content (AvgIpc) is 3.14. The third kappa shape index (κ3) is 2.22. The van der Waals surface area contributed by atoms with Crippen molar-refractivity contribution in [2.75, 3.05) is 14.2 Å². The van der Waals surface area contributed by atoms with Crippen LogP contribution in [0, 0.1) is 11.3 Å². The van der Waals surface area contributed by atoms with Gasteiger partial charge in [0.1, 0.15) is 6.54 Å². The largest absolute Gasteiger partial charge is 0.493 e. The second-order valence-electron chi connectivity index (χ2n) is 4.35. The fourth-order valence-electron chi connectivity index (χ4n) is 2.28. The van der Waals surface area contributed by atoms with E-state index in [1.807, 2.05) is 34.2 Å². The summed E-state index contributed by atoms with van der Waals surface area (Å²) in [5, 5.41) is 11.1. The number of methoxy groups -OCH3 is 2. The van der Waals surface area contributed by atoms with Gasteiger partial charge in [-0.1, -0.05) is 6.07 Å². The lowest BCUT2D eigenvalue weighted by Crippen LogP contribution is -1.98. The molecule has 5 nitrogen and oxygen atoms in total. The number of thiophene rings is 1. The number of hydrogen-bond donors (Lipinski definition) is 0. The zero-order valence-electron chi connectivity index (χ0n) is 11.7. The molecule has 0 saturated carbocycles. The van der Waals surface area contributed by atoms with Crippen molar-refractivity contribution in [3.05, 3.63) is 29.6 Å². The first kappa shape index (κ1) is 13.5. The van der Waals surface area contributed by atoms with Crippen LogP contribution in [0.3, 0.4) is 0 Å². The normalized spacial score (nSPS) is 10.5. The maximum atomic E-state index is 9.10. The summed E-state index contributed by atoms with van der Waals surface area (Å²) >= 11 is 1.60. The van der Waals surface area contributed by atoms with Gasteiger partial charge >= 0.3 is 0 Å². The second kappa shape index (κ2) is 5.46. The van der Waals surface area contributed by atoms with Gasteiger partial charge in [-0.2, -0.15) is 5.26 Å². The van der Waals surface area contributed by atoms with Gasteiger partial charge in [-0.05, 0) is 11.4 Å². The Labute approximate surface area is 126 Å². The maximum Gasteiger partial charge on any atom is 0.163 e. The van der Waals surface area contributed by atoms with E-state index in [1.165, 1.54) is 0 Å². The molecule has 2 aromatic heterocycles. The van der Waals surface area contributed by atoms with Crippen LogP contribution in [0.4, 0.5) is 0 Å². The molecule has 0 saturated heterocycles. The predicted octanol–water partition coefficient (Wildman–Crippen LogP) is 3.31. The van der Waals surface area contributed by atoms with Crippen LogP contribution in [0.25, 0.3) is 21.7 Å². The molecule has 6 heteroatoms. The number of nitrogens with zero attached hydrogens (tertiary/aromatic N) is 3. The van der Waals surface area contributed by atoms with Crippen LogP contribution < -0.4 is 9.47 Å². The summed E-state index contributed by atoms with van der Waals surface area (Å²) in [6, 6.07) is 9.84. The molecule has 106 valence electrons. The average molecular weight is 299 g/mol. The molecule has 0 atom stereocenters. The van der Waals surface area contributed by atoms with E-state index in [2.05, 4.69) is 11.1 Å². The van der Waals surface area contributed by atoms with E-state index < -0.39 is 0 Å². The van der Waals surface area contributed by atoms with Crippen LogP contribution >= 0.6 is 11.3 Å². The Morgan fingerprint density at radius 1 is 1.29 bits per heavy atom. The highest BCUT2D eigenvalue weighted by atomic mass is 32.1. The number of aromatic nitrogens is 2. The zero-order chi connectivity index (χ0) is 14.8. The quantitative estimate of drug-likeness (QED) is 0.741. The number of nitriles is 1. The third-order valence-electron chi connectivity index (χ3n) is 3.22. The first-order chi connectivity index (χ1) is 10.3. The molecular formula is C15H13N3O2S. The number of benzene rings is 1. The lowest BCUT2D eigenvalue weighted by Gasteiger charge is -2.08. The van der Waals surface area contributed by atoms with Crippen LogP contribution in [0.5, 0.6) is 11.5 Å². The molecule has 0 aliphatic heterocycles. The fraction of sp³-hybridized carbons (Fsp3) is 0.200. The third-order valence-corrected chi connectivity index (χ3v) is 4.09. The van der Waals surface area contributed by atoms with E-state index in [0.717, 1.165) is 21.7 Å². The molecule has 2 heterocycles. The van der Waals surface area contributed by atoms with Crippen LogP contribution in [0.15, 0.2) is 29.6 Å². The molecule has 0 spiro atoms. The summed E-state index contributed by atoms with van der Waals surface area (Å²) in [5.41, 5.74) is 1.64. The van der Waals surface area contributed by atoms with Crippen molar-refractivity contribution in [3.63, 3.8) is 0 Å². The van der Waals surface area contributed by atoms with E-state index in [4.69, 9.17) is 14.7 Å². The van der Waals surface area contributed by atoms with Crippen LogP contribution in [0.1, 0.15) is 0 Å². The van der Waals surface area contributed by atoms with Gasteiger partial charge in [0.25, 0.3) is 0 Å². The highest BCUT2D eigenvalue weighted by Gasteiger charge is 2.16.